The van der Waals surface area contributed by atoms with Crippen molar-refractivity contribution in [3.63, 3.8) is 0 Å². The van der Waals surface area contributed by atoms with E-state index in [-0.39, 0.29) is 12.3 Å². The molecule has 0 bridgehead atoms. The van der Waals surface area contributed by atoms with E-state index < -0.39 is 0 Å². The lowest BCUT2D eigenvalue weighted by atomic mass is 10.2. The van der Waals surface area contributed by atoms with Crippen molar-refractivity contribution >= 4 is 35.2 Å². The summed E-state index contributed by atoms with van der Waals surface area (Å²) in [6, 6.07) is 6.15. The summed E-state index contributed by atoms with van der Waals surface area (Å²) in [7, 11) is 4.07. The van der Waals surface area contributed by atoms with Crippen LogP contribution in [0.1, 0.15) is 30.0 Å². The second-order valence-corrected chi connectivity index (χ2v) is 9.61. The predicted octanol–water partition coefficient (Wildman–Crippen LogP) is 1.36. The van der Waals surface area contributed by atoms with E-state index >= 15 is 0 Å². The van der Waals surface area contributed by atoms with Crippen molar-refractivity contribution in [1.82, 2.24) is 25.8 Å². The van der Waals surface area contributed by atoms with Gasteiger partial charge in [-0.25, -0.2) is 20.0 Å². The second-order valence-electron chi connectivity index (χ2n) is 8.62. The number of thiophene rings is 1. The Balaban J connectivity index is 1.25. The first-order valence-electron chi connectivity index (χ1n) is 11.7. The van der Waals surface area contributed by atoms with Gasteiger partial charge in [-0.15, -0.1) is 11.3 Å². The number of guanidine groups is 4. The highest BCUT2D eigenvalue weighted by molar-refractivity contribution is 7.10. The Morgan fingerprint density at radius 3 is 2.57 bits per heavy atom. The topological polar surface area (TPSA) is 131 Å². The van der Waals surface area contributed by atoms with Crippen LogP contribution in [0.3, 0.4) is 0 Å². The zero-order chi connectivity index (χ0) is 24.8. The fourth-order valence-corrected chi connectivity index (χ4v) is 4.64. The molecule has 4 rings (SSSR count). The second kappa shape index (κ2) is 11.3. The van der Waals surface area contributed by atoms with Gasteiger partial charge >= 0.3 is 0 Å². The van der Waals surface area contributed by atoms with Crippen LogP contribution in [0.4, 0.5) is 0 Å². The summed E-state index contributed by atoms with van der Waals surface area (Å²) in [6.07, 6.45) is 3.11. The van der Waals surface area contributed by atoms with Crippen molar-refractivity contribution in [3.8, 4) is 0 Å². The molecule has 0 saturated heterocycles. The first-order valence-corrected chi connectivity index (χ1v) is 12.6. The summed E-state index contributed by atoms with van der Waals surface area (Å²) in [5, 5.41) is 11.8. The molecule has 0 aromatic carbocycles. The maximum absolute atomic E-state index is 5.77. The van der Waals surface area contributed by atoms with Crippen molar-refractivity contribution in [3.05, 3.63) is 46.0 Å². The number of nitrogens with zero attached hydrogens (tertiary/aromatic N) is 6. The van der Waals surface area contributed by atoms with Gasteiger partial charge in [0.2, 0.25) is 11.9 Å². The van der Waals surface area contributed by atoms with E-state index in [2.05, 4.69) is 52.2 Å². The lowest BCUT2D eigenvalue weighted by Crippen LogP contribution is -2.51. The monoisotopic (exact) mass is 498 g/mol. The van der Waals surface area contributed by atoms with Crippen LogP contribution < -0.4 is 21.7 Å². The van der Waals surface area contributed by atoms with Crippen molar-refractivity contribution in [2.45, 2.75) is 45.6 Å². The molecule has 12 heteroatoms. The Morgan fingerprint density at radius 1 is 1.06 bits per heavy atom. The number of likely N-dealkylation sites (N-methyl/N-ethyl adjacent to an activating group) is 1. The molecule has 2 aromatic heterocycles. The molecule has 11 nitrogen and oxygen atoms in total. The van der Waals surface area contributed by atoms with Gasteiger partial charge in [-0.05, 0) is 49.4 Å². The van der Waals surface area contributed by atoms with Crippen LogP contribution in [0, 0.1) is 0 Å². The first kappa shape index (κ1) is 24.6. The summed E-state index contributed by atoms with van der Waals surface area (Å²) in [6.45, 7) is 6.21. The Labute approximate surface area is 209 Å². The summed E-state index contributed by atoms with van der Waals surface area (Å²) in [4.78, 5) is 23.4. The molecule has 4 heterocycles. The van der Waals surface area contributed by atoms with Crippen LogP contribution >= 0.6 is 11.3 Å². The molecular weight excluding hydrogens is 464 g/mol. The minimum Gasteiger partial charge on any atom is -0.469 e. The van der Waals surface area contributed by atoms with Gasteiger partial charge in [0.25, 0.3) is 0 Å². The fraction of sp³-hybridized carbons (Fsp3) is 0.478. The van der Waals surface area contributed by atoms with Gasteiger partial charge in [-0.1, -0.05) is 0 Å². The molecule has 0 saturated carbocycles. The maximum atomic E-state index is 5.77. The van der Waals surface area contributed by atoms with Gasteiger partial charge in [-0.3, -0.25) is 10.6 Å². The smallest absolute Gasteiger partial charge is 0.202 e. The molecule has 2 atom stereocenters. The third-order valence-electron chi connectivity index (χ3n) is 5.52. The molecule has 0 fully saturated rings. The van der Waals surface area contributed by atoms with E-state index in [4.69, 9.17) is 15.1 Å². The van der Waals surface area contributed by atoms with Gasteiger partial charge in [-0.2, -0.15) is 0 Å². The summed E-state index contributed by atoms with van der Waals surface area (Å²) >= 11 is 1.76. The SMILES string of the molecule is CC1N=C(N)NC(NCCc2cc(CN(C)C3=NC(C)N=C(N(C)CCc4ccco4)N3)cs2)=N1. The van der Waals surface area contributed by atoms with Gasteiger partial charge in [0.1, 0.15) is 18.1 Å². The van der Waals surface area contributed by atoms with Crippen LogP contribution in [-0.4, -0.2) is 73.2 Å². The maximum Gasteiger partial charge on any atom is 0.202 e. The van der Waals surface area contributed by atoms with Gasteiger partial charge in [0.05, 0.1) is 6.26 Å². The number of furan rings is 1. The number of nitrogens with two attached hydrogens (primary N) is 1. The Kier molecular flexibility index (Phi) is 7.91. The molecule has 0 amide bonds. The van der Waals surface area contributed by atoms with E-state index in [1.807, 2.05) is 40.1 Å². The summed E-state index contributed by atoms with van der Waals surface area (Å²) < 4.78 is 5.44. The van der Waals surface area contributed by atoms with Crippen molar-refractivity contribution < 1.29 is 4.42 Å². The third-order valence-corrected chi connectivity index (χ3v) is 6.56. The molecular formula is C23H34N10OS. The van der Waals surface area contributed by atoms with E-state index in [0.717, 1.165) is 50.2 Å². The molecule has 2 aliphatic heterocycles. The highest BCUT2D eigenvalue weighted by Gasteiger charge is 2.20. The molecule has 35 heavy (non-hydrogen) atoms. The molecule has 188 valence electrons. The molecule has 0 spiro atoms. The highest BCUT2D eigenvalue weighted by Crippen LogP contribution is 2.17. The predicted molar refractivity (Wildman–Crippen MR) is 142 cm³/mol. The molecule has 2 aliphatic rings. The van der Waals surface area contributed by atoms with Crippen LogP contribution in [-0.2, 0) is 19.4 Å². The van der Waals surface area contributed by atoms with Crippen LogP contribution in [0.2, 0.25) is 0 Å². The lowest BCUT2D eigenvalue weighted by Gasteiger charge is -2.30. The quantitative estimate of drug-likeness (QED) is 0.432. The van der Waals surface area contributed by atoms with Crippen LogP contribution in [0.25, 0.3) is 0 Å². The number of rotatable bonds is 8. The van der Waals surface area contributed by atoms with Gasteiger partial charge in [0.15, 0.2) is 11.9 Å². The number of aliphatic imine (C=N–C) groups is 4. The fourth-order valence-electron chi connectivity index (χ4n) is 3.76. The minimum atomic E-state index is -0.164. The summed E-state index contributed by atoms with van der Waals surface area (Å²) in [5.41, 5.74) is 7.01. The van der Waals surface area contributed by atoms with Gasteiger partial charge < -0.3 is 25.3 Å². The first-order chi connectivity index (χ1) is 16.9. The number of hydrogen-bond acceptors (Lipinski definition) is 12. The largest absolute Gasteiger partial charge is 0.469 e. The van der Waals surface area contributed by atoms with Crippen LogP contribution in [0.5, 0.6) is 0 Å². The number of nitrogens with one attached hydrogen (secondary N) is 3. The molecule has 0 aliphatic carbocycles. The Morgan fingerprint density at radius 2 is 1.83 bits per heavy atom. The normalized spacial score (nSPS) is 19.5. The van der Waals surface area contributed by atoms with Gasteiger partial charge in [0, 0.05) is 45.0 Å². The van der Waals surface area contributed by atoms with Crippen molar-refractivity contribution in [1.29, 1.82) is 0 Å². The zero-order valence-electron chi connectivity index (χ0n) is 20.7. The van der Waals surface area contributed by atoms with E-state index in [9.17, 15) is 0 Å². The van der Waals surface area contributed by atoms with E-state index in [1.54, 1.807) is 17.6 Å². The molecule has 0 radical (unpaired) electrons. The minimum absolute atomic E-state index is 0.142. The number of hydrogen-bond donors (Lipinski definition) is 4. The zero-order valence-corrected chi connectivity index (χ0v) is 21.5. The van der Waals surface area contributed by atoms with Crippen molar-refractivity contribution in [2.75, 3.05) is 27.2 Å². The lowest BCUT2D eigenvalue weighted by molar-refractivity contribution is 0.430. The van der Waals surface area contributed by atoms with Crippen LogP contribution in [0.15, 0.2) is 54.2 Å². The Bertz CT molecular complexity index is 1100. The average molecular weight is 499 g/mol. The molecule has 2 unspecified atom stereocenters. The standard InChI is InChI=1S/C23H34N10OS/c1-15-26-20(24)30-21(27-15)25-9-7-19-12-17(14-35-19)13-33(4)23-29-16(2)28-22(31-23)32(3)10-8-18-6-5-11-34-18/h5-6,11-12,14-16H,7-10,13H2,1-4H3,(H,28,29,31)(H4,24,25,26,27,30). The highest BCUT2D eigenvalue weighted by atomic mass is 32.1. The summed E-state index contributed by atoms with van der Waals surface area (Å²) in [5.74, 6) is 3.66. The average Bonchev–Trinajstić information content (AvgIpc) is 3.48. The van der Waals surface area contributed by atoms with Crippen molar-refractivity contribution in [2.24, 2.45) is 25.7 Å². The van der Waals surface area contributed by atoms with E-state index in [1.165, 1.54) is 10.4 Å². The third kappa shape index (κ3) is 6.98. The van der Waals surface area contributed by atoms with E-state index in [0.29, 0.717) is 11.9 Å². The molecule has 2 aromatic rings. The molecule has 5 N–H and O–H groups in total. The Hall–Kier alpha value is -3.54.